The monoisotopic (exact) mass is 516 g/mol. The van der Waals surface area contributed by atoms with Crippen LogP contribution in [0.5, 0.6) is 0 Å². The van der Waals surface area contributed by atoms with E-state index in [9.17, 15) is 14.7 Å². The molecule has 2 saturated heterocycles. The number of aromatic carboxylic acids is 1. The number of piperidine rings is 1. The maximum absolute atomic E-state index is 15.2. The van der Waals surface area contributed by atoms with Crippen LogP contribution < -0.4 is 10.3 Å². The maximum atomic E-state index is 15.2. The van der Waals surface area contributed by atoms with Gasteiger partial charge in [0.15, 0.2) is 5.79 Å². The minimum absolute atomic E-state index is 0.0436. The molecule has 2 aliphatic rings. The highest BCUT2D eigenvalue weighted by Crippen LogP contribution is 2.35. The fraction of sp³-hybridized carbons (Fsp3) is 0.333. The lowest BCUT2D eigenvalue weighted by Gasteiger charge is -2.38. The van der Waals surface area contributed by atoms with E-state index < -0.39 is 23.0 Å². The van der Waals surface area contributed by atoms with Crippen molar-refractivity contribution in [2.45, 2.75) is 25.2 Å². The van der Waals surface area contributed by atoms with Crippen molar-refractivity contribution < 1.29 is 23.8 Å². The Balaban J connectivity index is 1.58. The van der Waals surface area contributed by atoms with Gasteiger partial charge in [0.2, 0.25) is 5.43 Å². The zero-order valence-electron chi connectivity index (χ0n) is 17.7. The minimum Gasteiger partial charge on any atom is -0.477 e. The van der Waals surface area contributed by atoms with Crippen LogP contribution in [0.25, 0.3) is 10.9 Å². The smallest absolute Gasteiger partial charge is 0.341 e. The zero-order valence-corrected chi connectivity index (χ0v) is 19.3. The molecule has 0 atom stereocenters. The number of hydrogen-bond donors (Lipinski definition) is 1. The molecule has 2 aliphatic heterocycles. The highest BCUT2D eigenvalue weighted by Gasteiger charge is 2.40. The first kappa shape index (κ1) is 22.1. The Bertz CT molecular complexity index is 1290. The Kier molecular flexibility index (Phi) is 5.72. The number of pyridine rings is 1. The molecule has 0 amide bonds. The lowest BCUT2D eigenvalue weighted by Crippen LogP contribution is -2.45. The number of fused-ring (bicyclic) bond motifs is 1. The second kappa shape index (κ2) is 8.55. The molecule has 33 heavy (non-hydrogen) atoms. The van der Waals surface area contributed by atoms with Crippen molar-refractivity contribution in [2.24, 2.45) is 0 Å². The number of benzene rings is 2. The van der Waals surface area contributed by atoms with Crippen LogP contribution in [0.2, 0.25) is 0 Å². The number of carboxylic acid groups (broad SMARTS) is 1. The SMILES string of the molecule is O=C(O)c1cn(Cc2cccc(Br)c2)c2cc(N3CCC4(CC3)OCCO4)c(F)cc2c1=O. The predicted octanol–water partition coefficient (Wildman–Crippen LogP) is 3.99. The van der Waals surface area contributed by atoms with Crippen LogP contribution in [0.3, 0.4) is 0 Å². The molecule has 0 bridgehead atoms. The molecule has 9 heteroatoms. The summed E-state index contributed by atoms with van der Waals surface area (Å²) in [6.45, 7) is 2.56. The van der Waals surface area contributed by atoms with Gasteiger partial charge >= 0.3 is 5.97 Å². The Hall–Kier alpha value is -2.75. The third kappa shape index (κ3) is 4.16. The fourth-order valence-corrected chi connectivity index (χ4v) is 5.08. The predicted molar refractivity (Wildman–Crippen MR) is 124 cm³/mol. The Morgan fingerprint density at radius 1 is 1.15 bits per heavy atom. The van der Waals surface area contributed by atoms with Crippen LogP contribution in [0, 0.1) is 5.82 Å². The molecule has 0 unspecified atom stereocenters. The molecule has 0 aliphatic carbocycles. The summed E-state index contributed by atoms with van der Waals surface area (Å²) in [7, 11) is 0. The van der Waals surface area contributed by atoms with E-state index in [0.717, 1.165) is 16.1 Å². The summed E-state index contributed by atoms with van der Waals surface area (Å²) in [5, 5.41) is 9.59. The van der Waals surface area contributed by atoms with Gasteiger partial charge in [-0.15, -0.1) is 0 Å². The van der Waals surface area contributed by atoms with Gasteiger partial charge in [0.05, 0.1) is 24.4 Å². The number of carbonyl (C=O) groups is 1. The average Bonchev–Trinajstić information content (AvgIpc) is 3.24. The molecule has 3 heterocycles. The summed E-state index contributed by atoms with van der Waals surface area (Å²) >= 11 is 3.44. The van der Waals surface area contributed by atoms with Gasteiger partial charge in [-0.1, -0.05) is 28.1 Å². The molecule has 1 spiro atoms. The summed E-state index contributed by atoms with van der Waals surface area (Å²) in [5.74, 6) is -2.48. The van der Waals surface area contributed by atoms with Gasteiger partial charge in [-0.05, 0) is 29.8 Å². The number of hydrogen-bond acceptors (Lipinski definition) is 5. The van der Waals surface area contributed by atoms with Crippen molar-refractivity contribution >= 4 is 38.5 Å². The summed E-state index contributed by atoms with van der Waals surface area (Å²) in [6, 6.07) is 10.4. The topological polar surface area (TPSA) is 81.0 Å². The van der Waals surface area contributed by atoms with Gasteiger partial charge in [0.25, 0.3) is 0 Å². The first-order valence-corrected chi connectivity index (χ1v) is 11.5. The molecule has 0 radical (unpaired) electrons. The number of aromatic nitrogens is 1. The summed E-state index contributed by atoms with van der Waals surface area (Å²) in [5.41, 5.74) is 0.682. The number of carboxylic acids is 1. The standard InChI is InChI=1S/C24H22BrFN2O5/c25-16-3-1-2-15(10-16)13-28-14-18(23(30)31)22(29)17-11-19(26)21(12-20(17)28)27-6-4-24(5-7-27)32-8-9-33-24/h1-3,10-12,14H,4-9,13H2,(H,30,31). The second-order valence-corrected chi connectivity index (χ2v) is 9.27. The maximum Gasteiger partial charge on any atom is 0.341 e. The van der Waals surface area contributed by atoms with Gasteiger partial charge in [-0.3, -0.25) is 4.79 Å². The average molecular weight is 517 g/mol. The zero-order chi connectivity index (χ0) is 23.2. The summed E-state index contributed by atoms with van der Waals surface area (Å²) in [6.07, 6.45) is 2.57. The van der Waals surface area contributed by atoms with Crippen molar-refractivity contribution in [1.29, 1.82) is 0 Å². The van der Waals surface area contributed by atoms with E-state index in [0.29, 0.717) is 56.9 Å². The molecule has 5 rings (SSSR count). The minimum atomic E-state index is -1.34. The molecule has 2 fully saturated rings. The Morgan fingerprint density at radius 3 is 2.55 bits per heavy atom. The molecular weight excluding hydrogens is 495 g/mol. The number of nitrogens with zero attached hydrogens (tertiary/aromatic N) is 2. The van der Waals surface area contributed by atoms with Crippen molar-refractivity contribution in [2.75, 3.05) is 31.2 Å². The van der Waals surface area contributed by atoms with E-state index in [2.05, 4.69) is 15.9 Å². The van der Waals surface area contributed by atoms with Gasteiger partial charge < -0.3 is 24.0 Å². The van der Waals surface area contributed by atoms with Gasteiger partial charge in [0, 0.05) is 48.5 Å². The molecule has 3 aromatic rings. The lowest BCUT2D eigenvalue weighted by atomic mass is 10.0. The van der Waals surface area contributed by atoms with E-state index in [1.807, 2.05) is 29.2 Å². The Morgan fingerprint density at radius 2 is 1.88 bits per heavy atom. The van der Waals surface area contributed by atoms with Crippen LogP contribution in [-0.4, -0.2) is 47.7 Å². The quantitative estimate of drug-likeness (QED) is 0.564. The molecule has 172 valence electrons. The van der Waals surface area contributed by atoms with Crippen molar-refractivity contribution in [3.05, 3.63) is 74.2 Å². The van der Waals surface area contributed by atoms with Gasteiger partial charge in [0.1, 0.15) is 11.4 Å². The van der Waals surface area contributed by atoms with Crippen molar-refractivity contribution in [3.63, 3.8) is 0 Å². The molecule has 1 N–H and O–H groups in total. The highest BCUT2D eigenvalue weighted by molar-refractivity contribution is 9.10. The third-order valence-electron chi connectivity index (χ3n) is 6.30. The van der Waals surface area contributed by atoms with E-state index in [1.54, 1.807) is 10.6 Å². The van der Waals surface area contributed by atoms with E-state index in [-0.39, 0.29) is 10.9 Å². The molecule has 7 nitrogen and oxygen atoms in total. The van der Waals surface area contributed by atoms with Crippen LogP contribution in [-0.2, 0) is 16.0 Å². The fourth-order valence-electron chi connectivity index (χ4n) is 4.63. The number of halogens is 2. The molecular formula is C24H22BrFN2O5. The molecule has 2 aromatic carbocycles. The Labute approximate surface area is 197 Å². The molecule has 0 saturated carbocycles. The van der Waals surface area contributed by atoms with Crippen LogP contribution in [0.15, 0.2) is 51.9 Å². The second-order valence-electron chi connectivity index (χ2n) is 8.35. The summed E-state index contributed by atoms with van der Waals surface area (Å²) in [4.78, 5) is 26.4. The van der Waals surface area contributed by atoms with E-state index in [1.165, 1.54) is 6.20 Å². The third-order valence-corrected chi connectivity index (χ3v) is 6.79. The van der Waals surface area contributed by atoms with Crippen LogP contribution >= 0.6 is 15.9 Å². The van der Waals surface area contributed by atoms with E-state index in [4.69, 9.17) is 9.47 Å². The normalized spacial score (nSPS) is 17.7. The van der Waals surface area contributed by atoms with E-state index >= 15 is 4.39 Å². The van der Waals surface area contributed by atoms with Crippen molar-refractivity contribution in [3.8, 4) is 0 Å². The van der Waals surface area contributed by atoms with Gasteiger partial charge in [-0.2, -0.15) is 0 Å². The number of rotatable bonds is 4. The first-order valence-electron chi connectivity index (χ1n) is 10.7. The number of ether oxygens (including phenoxy) is 2. The van der Waals surface area contributed by atoms with Crippen LogP contribution in [0.1, 0.15) is 28.8 Å². The summed E-state index contributed by atoms with van der Waals surface area (Å²) < 4.78 is 29.3. The van der Waals surface area contributed by atoms with Gasteiger partial charge in [-0.25, -0.2) is 9.18 Å². The largest absolute Gasteiger partial charge is 0.477 e. The van der Waals surface area contributed by atoms with Crippen molar-refractivity contribution in [1.82, 2.24) is 4.57 Å². The van der Waals surface area contributed by atoms with Crippen LogP contribution in [0.4, 0.5) is 10.1 Å². The highest BCUT2D eigenvalue weighted by atomic mass is 79.9. The lowest BCUT2D eigenvalue weighted by molar-refractivity contribution is -0.169. The number of anilines is 1. The molecule has 1 aromatic heterocycles. The first-order chi connectivity index (χ1) is 15.8.